The highest BCUT2D eigenvalue weighted by Gasteiger charge is 2.17. The van der Waals surface area contributed by atoms with Gasteiger partial charge >= 0.3 is 5.97 Å². The summed E-state index contributed by atoms with van der Waals surface area (Å²) in [6, 6.07) is 19.1. The van der Waals surface area contributed by atoms with E-state index in [0.29, 0.717) is 18.4 Å². The summed E-state index contributed by atoms with van der Waals surface area (Å²) in [5.74, 6) is -1.17. The van der Waals surface area contributed by atoms with Gasteiger partial charge in [0.2, 0.25) is 0 Å². The number of carboxylic acids is 1. The van der Waals surface area contributed by atoms with Crippen molar-refractivity contribution in [2.45, 2.75) is 19.3 Å². The van der Waals surface area contributed by atoms with Crippen LogP contribution < -0.4 is 0 Å². The number of aryl methyl sites for hydroxylation is 1. The van der Waals surface area contributed by atoms with E-state index in [0.717, 1.165) is 17.5 Å². The molecule has 0 bridgehead atoms. The first kappa shape index (κ1) is 14.8. The second kappa shape index (κ2) is 7.25. The number of carbonyl (C=O) groups is 1. The van der Waals surface area contributed by atoms with Gasteiger partial charge in [-0.05, 0) is 42.5 Å². The Hall–Kier alpha value is -2.60. The smallest absolute Gasteiger partial charge is 0.306 e. The lowest BCUT2D eigenvalue weighted by Crippen LogP contribution is -2.17. The predicted molar refractivity (Wildman–Crippen MR) is 80.7 cm³/mol. The van der Waals surface area contributed by atoms with Crippen LogP contribution in [0.1, 0.15) is 23.1 Å². The molecule has 0 fully saturated rings. The summed E-state index contributed by atoms with van der Waals surface area (Å²) in [6.45, 7) is 0. The molecule has 1 atom stereocenters. The largest absolute Gasteiger partial charge is 0.481 e. The minimum Gasteiger partial charge on any atom is -0.481 e. The molecule has 0 saturated carbocycles. The Morgan fingerprint density at radius 1 is 1.05 bits per heavy atom. The number of hydrogen-bond acceptors (Lipinski definition) is 2. The number of benzene rings is 2. The zero-order valence-corrected chi connectivity index (χ0v) is 11.7. The maximum absolute atomic E-state index is 11.4. The molecular formula is C18H17NO2. The van der Waals surface area contributed by atoms with Crippen molar-refractivity contribution in [1.82, 2.24) is 0 Å². The highest BCUT2D eigenvalue weighted by molar-refractivity contribution is 5.70. The second-order valence-electron chi connectivity index (χ2n) is 5.07. The molecule has 1 N–H and O–H groups in total. The molecule has 2 aromatic rings. The van der Waals surface area contributed by atoms with Gasteiger partial charge in [-0.3, -0.25) is 4.79 Å². The number of aliphatic carboxylic acids is 1. The van der Waals surface area contributed by atoms with Crippen LogP contribution in [0.2, 0.25) is 0 Å². The van der Waals surface area contributed by atoms with Gasteiger partial charge in [0, 0.05) is 0 Å². The van der Waals surface area contributed by atoms with E-state index < -0.39 is 11.9 Å². The first-order chi connectivity index (χ1) is 10.2. The summed E-state index contributed by atoms with van der Waals surface area (Å²) in [5.41, 5.74) is 2.70. The molecule has 0 amide bonds. The molecule has 21 heavy (non-hydrogen) atoms. The van der Waals surface area contributed by atoms with E-state index in [1.165, 1.54) is 0 Å². The Kier molecular flexibility index (Phi) is 5.11. The van der Waals surface area contributed by atoms with Gasteiger partial charge in [-0.2, -0.15) is 5.26 Å². The number of nitrogens with zero attached hydrogens (tertiary/aromatic N) is 1. The van der Waals surface area contributed by atoms with Crippen molar-refractivity contribution in [3.63, 3.8) is 0 Å². The minimum atomic E-state index is -0.768. The summed E-state index contributed by atoms with van der Waals surface area (Å²) >= 11 is 0. The van der Waals surface area contributed by atoms with Crippen molar-refractivity contribution in [2.75, 3.05) is 0 Å². The van der Waals surface area contributed by atoms with Crippen LogP contribution in [0.25, 0.3) is 0 Å². The highest BCUT2D eigenvalue weighted by atomic mass is 16.4. The van der Waals surface area contributed by atoms with Gasteiger partial charge in [0.1, 0.15) is 0 Å². The zero-order valence-electron chi connectivity index (χ0n) is 11.7. The third-order valence-electron chi connectivity index (χ3n) is 3.54. The quantitative estimate of drug-likeness (QED) is 0.881. The zero-order chi connectivity index (χ0) is 15.1. The highest BCUT2D eigenvalue weighted by Crippen LogP contribution is 2.16. The van der Waals surface area contributed by atoms with Gasteiger partial charge in [-0.15, -0.1) is 0 Å². The summed E-state index contributed by atoms with van der Waals surface area (Å²) in [6.07, 6.45) is 1.86. The maximum atomic E-state index is 11.4. The average molecular weight is 279 g/mol. The van der Waals surface area contributed by atoms with Crippen LogP contribution in [0.15, 0.2) is 54.6 Å². The van der Waals surface area contributed by atoms with Crippen LogP contribution in [0.3, 0.4) is 0 Å². The number of rotatable bonds is 6. The summed E-state index contributed by atoms with van der Waals surface area (Å²) < 4.78 is 0. The molecule has 106 valence electrons. The van der Waals surface area contributed by atoms with E-state index in [-0.39, 0.29) is 0 Å². The Balaban J connectivity index is 1.98. The van der Waals surface area contributed by atoms with Crippen molar-refractivity contribution < 1.29 is 9.90 Å². The molecular weight excluding hydrogens is 262 g/mol. The number of carboxylic acid groups (broad SMARTS) is 1. The average Bonchev–Trinajstić information content (AvgIpc) is 2.52. The van der Waals surface area contributed by atoms with Gasteiger partial charge in [0.15, 0.2) is 0 Å². The van der Waals surface area contributed by atoms with Crippen molar-refractivity contribution in [3.05, 3.63) is 71.3 Å². The van der Waals surface area contributed by atoms with E-state index in [4.69, 9.17) is 5.26 Å². The first-order valence-electron chi connectivity index (χ1n) is 6.95. The van der Waals surface area contributed by atoms with Crippen molar-refractivity contribution in [2.24, 2.45) is 5.92 Å². The fraction of sp³-hybridized carbons (Fsp3) is 0.222. The Labute approximate surface area is 124 Å². The normalized spacial score (nSPS) is 11.6. The van der Waals surface area contributed by atoms with E-state index in [1.807, 2.05) is 42.5 Å². The van der Waals surface area contributed by atoms with E-state index in [1.54, 1.807) is 12.1 Å². The predicted octanol–water partition coefficient (Wildman–Crippen LogP) is 3.43. The third-order valence-corrected chi connectivity index (χ3v) is 3.54. The monoisotopic (exact) mass is 279 g/mol. The topological polar surface area (TPSA) is 61.1 Å². The van der Waals surface area contributed by atoms with E-state index in [9.17, 15) is 9.90 Å². The summed E-state index contributed by atoms with van der Waals surface area (Å²) in [4.78, 5) is 11.4. The van der Waals surface area contributed by atoms with Crippen molar-refractivity contribution in [3.8, 4) is 6.07 Å². The van der Waals surface area contributed by atoms with E-state index in [2.05, 4.69) is 6.07 Å². The van der Waals surface area contributed by atoms with Gasteiger partial charge in [0.25, 0.3) is 0 Å². The molecule has 0 radical (unpaired) electrons. The maximum Gasteiger partial charge on any atom is 0.306 e. The molecule has 0 aliphatic rings. The SMILES string of the molecule is N#Cc1ccc(CC(CCc2ccccc2)C(=O)O)cc1. The molecule has 0 aromatic heterocycles. The first-order valence-corrected chi connectivity index (χ1v) is 6.95. The van der Waals surface area contributed by atoms with Crippen LogP contribution >= 0.6 is 0 Å². The van der Waals surface area contributed by atoms with Gasteiger partial charge in [-0.1, -0.05) is 42.5 Å². The Morgan fingerprint density at radius 3 is 2.29 bits per heavy atom. The van der Waals surface area contributed by atoms with Crippen molar-refractivity contribution in [1.29, 1.82) is 5.26 Å². The van der Waals surface area contributed by atoms with Gasteiger partial charge in [0.05, 0.1) is 17.6 Å². The fourth-order valence-electron chi connectivity index (χ4n) is 2.30. The molecule has 0 saturated heterocycles. The lowest BCUT2D eigenvalue weighted by Gasteiger charge is -2.12. The third kappa shape index (κ3) is 4.47. The Morgan fingerprint density at radius 2 is 1.71 bits per heavy atom. The summed E-state index contributed by atoms with van der Waals surface area (Å²) in [7, 11) is 0. The Bertz CT molecular complexity index is 627. The molecule has 1 unspecified atom stereocenters. The molecule has 3 heteroatoms. The molecule has 2 rings (SSSR count). The molecule has 0 heterocycles. The molecule has 0 spiro atoms. The van der Waals surface area contributed by atoms with Crippen LogP contribution in [-0.4, -0.2) is 11.1 Å². The molecule has 0 aliphatic heterocycles. The number of hydrogen-bond donors (Lipinski definition) is 1. The fourth-order valence-corrected chi connectivity index (χ4v) is 2.30. The van der Waals surface area contributed by atoms with Crippen LogP contribution in [0.5, 0.6) is 0 Å². The van der Waals surface area contributed by atoms with Crippen LogP contribution in [-0.2, 0) is 17.6 Å². The molecule has 2 aromatic carbocycles. The summed E-state index contributed by atoms with van der Waals surface area (Å²) in [5, 5.41) is 18.1. The molecule has 3 nitrogen and oxygen atoms in total. The standard InChI is InChI=1S/C18H17NO2/c19-13-16-8-6-15(7-9-16)12-17(18(20)21)11-10-14-4-2-1-3-5-14/h1-9,17H,10-12H2,(H,20,21). The molecule has 0 aliphatic carbocycles. The van der Waals surface area contributed by atoms with Crippen molar-refractivity contribution >= 4 is 5.97 Å². The van der Waals surface area contributed by atoms with Crippen LogP contribution in [0.4, 0.5) is 0 Å². The second-order valence-corrected chi connectivity index (χ2v) is 5.07. The minimum absolute atomic E-state index is 0.404. The van der Waals surface area contributed by atoms with Gasteiger partial charge < -0.3 is 5.11 Å². The van der Waals surface area contributed by atoms with Crippen LogP contribution in [0, 0.1) is 17.2 Å². The number of nitriles is 1. The van der Waals surface area contributed by atoms with Gasteiger partial charge in [-0.25, -0.2) is 0 Å². The lowest BCUT2D eigenvalue weighted by molar-refractivity contribution is -0.141. The lowest BCUT2D eigenvalue weighted by atomic mass is 9.92. The van der Waals surface area contributed by atoms with E-state index >= 15 is 0 Å².